The van der Waals surface area contributed by atoms with Gasteiger partial charge >= 0.3 is 5.03 Å². The van der Waals surface area contributed by atoms with Crippen LogP contribution >= 0.6 is 35.0 Å². The molecule has 4 nitrogen and oxygen atoms in total. The van der Waals surface area contributed by atoms with Crippen molar-refractivity contribution in [2.45, 2.75) is 23.6 Å². The first-order valence-electron chi connectivity index (χ1n) is 6.84. The molecule has 0 amide bonds. The van der Waals surface area contributed by atoms with Gasteiger partial charge in [0.25, 0.3) is 5.52 Å². The lowest BCUT2D eigenvalue weighted by atomic mass is 10.2. The van der Waals surface area contributed by atoms with Crippen molar-refractivity contribution in [3.8, 4) is 0 Å². The number of aromatic nitrogens is 2. The van der Waals surface area contributed by atoms with Crippen LogP contribution in [0.2, 0.25) is 0 Å². The summed E-state index contributed by atoms with van der Waals surface area (Å²) in [6.45, 7) is 1.45. The van der Waals surface area contributed by atoms with Gasteiger partial charge in [-0.15, -0.1) is 0 Å². The van der Waals surface area contributed by atoms with E-state index in [-0.39, 0.29) is 27.0 Å². The lowest BCUT2D eigenvalue weighted by Gasteiger charge is -2.18. The molecule has 9 heteroatoms. The number of halogens is 4. The smallest absolute Gasteiger partial charge is 0.316 e. The van der Waals surface area contributed by atoms with Gasteiger partial charge in [-0.1, -0.05) is 35.4 Å². The number of rotatable bonds is 2. The van der Waals surface area contributed by atoms with Gasteiger partial charge in [0.1, 0.15) is 5.52 Å². The third kappa shape index (κ3) is 2.92. The van der Waals surface area contributed by atoms with E-state index in [1.165, 1.54) is 6.92 Å². The predicted octanol–water partition coefficient (Wildman–Crippen LogP) is 4.60. The van der Waals surface area contributed by atoms with Crippen molar-refractivity contribution in [3.05, 3.63) is 61.8 Å². The Balaban J connectivity index is 2.12. The van der Waals surface area contributed by atoms with E-state index in [9.17, 15) is 18.9 Å². The average molecular weight is 391 g/mol. The van der Waals surface area contributed by atoms with Gasteiger partial charge in [-0.05, 0) is 25.1 Å². The summed E-state index contributed by atoms with van der Waals surface area (Å²) in [6, 6.07) is 1.43. The summed E-state index contributed by atoms with van der Waals surface area (Å²) in [7, 11) is 0. The zero-order valence-electron chi connectivity index (χ0n) is 12.2. The fourth-order valence-electron chi connectivity index (χ4n) is 2.36. The SMILES string of the molecule is Cc1c(SC2C=C(Cl)C(Cl)=CC2)[n+](=O)c2cc(F)c(F)cc2n1[O-]. The van der Waals surface area contributed by atoms with Crippen LogP contribution in [-0.2, 0) is 0 Å². The summed E-state index contributed by atoms with van der Waals surface area (Å²) >= 11 is 13.0. The Kier molecular flexibility index (Phi) is 4.59. The van der Waals surface area contributed by atoms with Gasteiger partial charge in [0.15, 0.2) is 11.6 Å². The fourth-order valence-corrected chi connectivity index (χ4v) is 3.95. The van der Waals surface area contributed by atoms with Gasteiger partial charge in [-0.2, -0.15) is 0 Å². The Morgan fingerprint density at radius 2 is 1.96 bits per heavy atom. The number of fused-ring (bicyclic) bond motifs is 1. The molecule has 3 rings (SSSR count). The van der Waals surface area contributed by atoms with Crippen LogP contribution in [-0.4, -0.2) is 9.98 Å². The Hall–Kier alpha value is -1.57. The molecule has 1 aromatic heterocycles. The minimum Gasteiger partial charge on any atom is -0.805 e. The molecular weight excluding hydrogens is 381 g/mol. The zero-order valence-corrected chi connectivity index (χ0v) is 14.6. The van der Waals surface area contributed by atoms with E-state index < -0.39 is 11.6 Å². The summed E-state index contributed by atoms with van der Waals surface area (Å²) in [5, 5.41) is 13.0. The van der Waals surface area contributed by atoms with Crippen molar-refractivity contribution in [1.29, 1.82) is 0 Å². The summed E-state index contributed by atoms with van der Waals surface area (Å²) in [6.07, 6.45) is 3.92. The first-order chi connectivity index (χ1) is 11.3. The highest BCUT2D eigenvalue weighted by molar-refractivity contribution is 8.00. The van der Waals surface area contributed by atoms with Crippen molar-refractivity contribution in [1.82, 2.24) is 4.73 Å². The van der Waals surface area contributed by atoms with Gasteiger partial charge in [0.2, 0.25) is 0 Å². The van der Waals surface area contributed by atoms with Crippen molar-refractivity contribution >= 4 is 46.0 Å². The van der Waals surface area contributed by atoms with Crippen LogP contribution in [0.5, 0.6) is 0 Å². The number of thioether (sulfide) groups is 1. The van der Waals surface area contributed by atoms with Gasteiger partial charge in [-0.25, -0.2) is 8.78 Å². The van der Waals surface area contributed by atoms with Crippen LogP contribution in [0.1, 0.15) is 12.1 Å². The molecule has 1 aromatic carbocycles. The van der Waals surface area contributed by atoms with Crippen LogP contribution in [0.3, 0.4) is 0 Å². The highest BCUT2D eigenvalue weighted by atomic mass is 35.5. The maximum absolute atomic E-state index is 13.5. The highest BCUT2D eigenvalue weighted by Crippen LogP contribution is 2.35. The molecule has 1 aliphatic rings. The normalized spacial score (nSPS) is 17.8. The molecule has 1 heterocycles. The summed E-state index contributed by atoms with van der Waals surface area (Å²) in [4.78, 5) is 12.5. The van der Waals surface area contributed by atoms with Gasteiger partial charge in [0, 0.05) is 16.2 Å². The molecule has 0 radical (unpaired) electrons. The minimum atomic E-state index is -1.19. The molecule has 1 atom stereocenters. The molecule has 1 unspecified atom stereocenters. The van der Waals surface area contributed by atoms with Crippen LogP contribution < -0.4 is 4.43 Å². The van der Waals surface area contributed by atoms with Crippen molar-refractivity contribution in [2.24, 2.45) is 0 Å². The number of benzene rings is 1. The molecule has 0 fully saturated rings. The van der Waals surface area contributed by atoms with Crippen LogP contribution in [0.4, 0.5) is 8.78 Å². The molecule has 0 saturated heterocycles. The quantitative estimate of drug-likeness (QED) is 0.704. The highest BCUT2D eigenvalue weighted by Gasteiger charge is 2.26. The van der Waals surface area contributed by atoms with E-state index in [2.05, 4.69) is 0 Å². The monoisotopic (exact) mass is 390 g/mol. The Labute approximate surface area is 149 Å². The number of nitrogens with zero attached hydrogens (tertiary/aromatic N) is 2. The lowest BCUT2D eigenvalue weighted by Crippen LogP contribution is -2.25. The van der Waals surface area contributed by atoms with Gasteiger partial charge in [0.05, 0.1) is 26.3 Å². The van der Waals surface area contributed by atoms with Crippen molar-refractivity contribution < 1.29 is 13.2 Å². The summed E-state index contributed by atoms with van der Waals surface area (Å²) in [5.74, 6) is -2.38. The molecule has 0 spiro atoms. The van der Waals surface area contributed by atoms with E-state index in [1.54, 1.807) is 12.2 Å². The van der Waals surface area contributed by atoms with E-state index >= 15 is 0 Å². The van der Waals surface area contributed by atoms with E-state index in [1.807, 2.05) is 0 Å². The average Bonchev–Trinajstić information content (AvgIpc) is 2.55. The van der Waals surface area contributed by atoms with E-state index in [0.29, 0.717) is 31.7 Å². The third-order valence-electron chi connectivity index (χ3n) is 3.61. The predicted molar refractivity (Wildman–Crippen MR) is 90.9 cm³/mol. The second-order valence-corrected chi connectivity index (χ2v) is 7.24. The maximum Gasteiger partial charge on any atom is 0.316 e. The number of hydrogen-bond acceptors (Lipinski definition) is 3. The minimum absolute atomic E-state index is 0.0960. The van der Waals surface area contributed by atoms with E-state index in [4.69, 9.17) is 23.2 Å². The third-order valence-corrected chi connectivity index (χ3v) is 5.71. The molecule has 126 valence electrons. The summed E-state index contributed by atoms with van der Waals surface area (Å²) < 4.78 is 27.7. The van der Waals surface area contributed by atoms with Crippen molar-refractivity contribution in [3.63, 3.8) is 0 Å². The van der Waals surface area contributed by atoms with Crippen LogP contribution in [0, 0.1) is 28.7 Å². The molecule has 0 saturated carbocycles. The molecule has 0 aliphatic heterocycles. The number of hydrogen-bond donors (Lipinski definition) is 0. The Morgan fingerprint density at radius 1 is 1.29 bits per heavy atom. The largest absolute Gasteiger partial charge is 0.805 e. The standard InChI is InChI=1S/C15H10Cl2F2N2O2S/c1-7-15(24-8-2-3-9(16)10(17)4-8)21(23)14-6-12(19)11(18)5-13(14)20(7)22/h3-6,8H,2H2,1H3. The topological polar surface area (TPSA) is 51.0 Å². The van der Waals surface area contributed by atoms with E-state index in [0.717, 1.165) is 17.8 Å². The zero-order chi connectivity index (χ0) is 17.6. The maximum atomic E-state index is 13.5. The van der Waals surface area contributed by atoms with Crippen LogP contribution in [0.25, 0.3) is 11.0 Å². The second-order valence-electron chi connectivity index (χ2n) is 5.19. The molecule has 0 N–H and O–H groups in total. The fraction of sp³-hybridized carbons (Fsp3) is 0.200. The van der Waals surface area contributed by atoms with Gasteiger partial charge < -0.3 is 9.94 Å². The Bertz CT molecular complexity index is 972. The molecule has 2 aromatic rings. The first kappa shape index (κ1) is 17.3. The summed E-state index contributed by atoms with van der Waals surface area (Å²) in [5.41, 5.74) is -0.374. The molecule has 24 heavy (non-hydrogen) atoms. The molecular formula is C15H10Cl2F2N2O2S. The lowest BCUT2D eigenvalue weighted by molar-refractivity contribution is -0.511. The number of allylic oxidation sites excluding steroid dienone is 3. The first-order valence-corrected chi connectivity index (χ1v) is 8.47. The van der Waals surface area contributed by atoms with Crippen LogP contribution in [0.15, 0.2) is 39.4 Å². The second kappa shape index (κ2) is 6.38. The molecule has 0 bridgehead atoms. The molecule has 1 aliphatic carbocycles. The van der Waals surface area contributed by atoms with Gasteiger partial charge in [-0.3, -0.25) is 0 Å². The Morgan fingerprint density at radius 3 is 2.62 bits per heavy atom. The van der Waals surface area contributed by atoms with Crippen molar-refractivity contribution in [2.75, 3.05) is 0 Å².